The zero-order valence-corrected chi connectivity index (χ0v) is 16.9. The molecule has 0 aromatic rings. The van der Waals surface area contributed by atoms with Crippen molar-refractivity contribution in [1.29, 1.82) is 0 Å². The molecule has 4 atom stereocenters. The summed E-state index contributed by atoms with van der Waals surface area (Å²) >= 11 is 0. The highest BCUT2D eigenvalue weighted by molar-refractivity contribution is 6.70. The first kappa shape index (κ1) is 18.8. The quantitative estimate of drug-likeness (QED) is 0.455. The summed E-state index contributed by atoms with van der Waals surface area (Å²) < 4.78 is 25.1. The maximum atomic E-state index is 6.50. The van der Waals surface area contributed by atoms with Gasteiger partial charge in [0.25, 0.3) is 0 Å². The molecule has 0 aromatic carbocycles. The molecule has 0 aromatic heterocycles. The largest absolute Gasteiger partial charge is 0.393 e. The minimum atomic E-state index is -2.33. The van der Waals surface area contributed by atoms with Gasteiger partial charge in [-0.3, -0.25) is 0 Å². The van der Waals surface area contributed by atoms with E-state index in [0.717, 1.165) is 44.6 Å². The van der Waals surface area contributed by atoms with Gasteiger partial charge in [-0.05, 0) is 71.3 Å². The molecule has 24 heavy (non-hydrogen) atoms. The van der Waals surface area contributed by atoms with Crippen LogP contribution in [0, 0.1) is 5.92 Å². The fourth-order valence-corrected chi connectivity index (χ4v) is 9.58. The summed E-state index contributed by atoms with van der Waals surface area (Å²) in [4.78, 5) is 0. The van der Waals surface area contributed by atoms with E-state index in [1.165, 1.54) is 38.5 Å². The molecule has 2 heterocycles. The highest BCUT2D eigenvalue weighted by Crippen LogP contribution is 2.47. The summed E-state index contributed by atoms with van der Waals surface area (Å²) in [5, 5.41) is -0.146. The van der Waals surface area contributed by atoms with E-state index in [9.17, 15) is 0 Å². The van der Waals surface area contributed by atoms with E-state index in [0.29, 0.717) is 12.2 Å². The van der Waals surface area contributed by atoms with Crippen LogP contribution in [-0.4, -0.2) is 45.8 Å². The molecule has 2 aliphatic heterocycles. The van der Waals surface area contributed by atoms with Gasteiger partial charge in [-0.2, -0.15) is 0 Å². The lowest BCUT2D eigenvalue weighted by Gasteiger charge is -2.50. The summed E-state index contributed by atoms with van der Waals surface area (Å²) in [5.74, 6) is 0.794. The lowest BCUT2D eigenvalue weighted by Crippen LogP contribution is -2.66. The third-order valence-corrected chi connectivity index (χ3v) is 10.8. The lowest BCUT2D eigenvalue weighted by molar-refractivity contribution is -0.0491. The van der Waals surface area contributed by atoms with Crippen LogP contribution in [0.5, 0.6) is 0 Å². The van der Waals surface area contributed by atoms with Gasteiger partial charge >= 0.3 is 8.56 Å². The van der Waals surface area contributed by atoms with Crippen molar-refractivity contribution in [3.8, 4) is 0 Å². The van der Waals surface area contributed by atoms with Gasteiger partial charge in [0.2, 0.25) is 0 Å². The molecular formula is C19H36O4Si. The lowest BCUT2D eigenvalue weighted by atomic mass is 9.85. The van der Waals surface area contributed by atoms with Crippen LogP contribution in [0.15, 0.2) is 0 Å². The first-order valence-electron chi connectivity index (χ1n) is 10.3. The Kier molecular flexibility index (Phi) is 6.41. The molecule has 4 unspecified atom stereocenters. The number of hydrogen-bond donors (Lipinski definition) is 0. The highest BCUT2D eigenvalue weighted by Gasteiger charge is 2.60. The van der Waals surface area contributed by atoms with Gasteiger partial charge in [0.05, 0.1) is 12.2 Å². The molecule has 0 N–H and O–H groups in total. The van der Waals surface area contributed by atoms with Crippen LogP contribution in [0.3, 0.4) is 0 Å². The standard InChI is InChI=1S/C19H36O4Si/c1-4-20-19(13-11-16-9-10-17-18(15-16)23-17)12-7-8-14-24(19,21-5-2)22-6-3/h16-18H,4-15H2,1-3H3. The molecule has 0 radical (unpaired) electrons. The maximum absolute atomic E-state index is 6.50. The predicted molar refractivity (Wildman–Crippen MR) is 97.3 cm³/mol. The van der Waals surface area contributed by atoms with Crippen molar-refractivity contribution in [2.75, 3.05) is 19.8 Å². The normalized spacial score (nSPS) is 37.9. The van der Waals surface area contributed by atoms with Gasteiger partial charge in [-0.25, -0.2) is 0 Å². The third kappa shape index (κ3) is 3.75. The van der Waals surface area contributed by atoms with E-state index >= 15 is 0 Å². The molecule has 3 rings (SSSR count). The molecule has 3 aliphatic rings. The fraction of sp³-hybridized carbons (Fsp3) is 1.00. The minimum Gasteiger partial charge on any atom is -0.393 e. The minimum absolute atomic E-state index is 0.146. The smallest absolute Gasteiger partial charge is 0.371 e. The van der Waals surface area contributed by atoms with Gasteiger partial charge in [-0.15, -0.1) is 0 Å². The van der Waals surface area contributed by atoms with Crippen molar-refractivity contribution >= 4 is 8.56 Å². The molecule has 0 amide bonds. The Morgan fingerprint density at radius 2 is 1.79 bits per heavy atom. The van der Waals surface area contributed by atoms with Crippen LogP contribution in [0.1, 0.15) is 72.1 Å². The van der Waals surface area contributed by atoms with Crippen molar-refractivity contribution in [1.82, 2.24) is 0 Å². The second kappa shape index (κ2) is 8.17. The molecule has 3 fully saturated rings. The summed E-state index contributed by atoms with van der Waals surface area (Å²) in [6, 6.07) is 1.09. The van der Waals surface area contributed by atoms with Gasteiger partial charge < -0.3 is 18.3 Å². The molecule has 5 heteroatoms. The molecule has 2 saturated heterocycles. The zero-order valence-electron chi connectivity index (χ0n) is 15.9. The van der Waals surface area contributed by atoms with Gasteiger partial charge in [0.1, 0.15) is 5.22 Å². The Morgan fingerprint density at radius 3 is 2.46 bits per heavy atom. The topological polar surface area (TPSA) is 40.2 Å². The van der Waals surface area contributed by atoms with Crippen molar-refractivity contribution in [2.45, 2.75) is 95.6 Å². The summed E-state index contributed by atoms with van der Waals surface area (Å²) in [7, 11) is -2.33. The molecule has 1 aliphatic carbocycles. The second-order valence-corrected chi connectivity index (χ2v) is 11.2. The summed E-state index contributed by atoms with van der Waals surface area (Å²) in [6.45, 7) is 8.56. The van der Waals surface area contributed by atoms with E-state index in [4.69, 9.17) is 18.3 Å². The van der Waals surface area contributed by atoms with E-state index in [1.807, 2.05) is 0 Å². The van der Waals surface area contributed by atoms with Crippen LogP contribution >= 0.6 is 0 Å². The van der Waals surface area contributed by atoms with Gasteiger partial charge in [-0.1, -0.05) is 12.8 Å². The molecule has 1 saturated carbocycles. The van der Waals surface area contributed by atoms with E-state index in [1.54, 1.807) is 0 Å². The van der Waals surface area contributed by atoms with Gasteiger partial charge in [0.15, 0.2) is 0 Å². The fourth-order valence-electron chi connectivity index (χ4n) is 5.13. The monoisotopic (exact) mass is 356 g/mol. The third-order valence-electron chi connectivity index (χ3n) is 6.28. The van der Waals surface area contributed by atoms with Crippen LogP contribution in [-0.2, 0) is 18.3 Å². The molecular weight excluding hydrogens is 320 g/mol. The van der Waals surface area contributed by atoms with Crippen molar-refractivity contribution in [3.63, 3.8) is 0 Å². The Bertz CT molecular complexity index is 389. The van der Waals surface area contributed by atoms with E-state index in [-0.39, 0.29) is 5.22 Å². The Balaban J connectivity index is 1.72. The zero-order chi connectivity index (χ0) is 17.0. The van der Waals surface area contributed by atoms with Crippen LogP contribution in [0.2, 0.25) is 6.04 Å². The molecule has 0 spiro atoms. The Morgan fingerprint density at radius 1 is 1.00 bits per heavy atom. The SMILES string of the molecule is CCOC1(CCC2CCC3OC3C2)CCCC[Si]1(OCC)OCC. The van der Waals surface area contributed by atoms with Gasteiger partial charge in [0, 0.05) is 19.8 Å². The number of rotatable bonds is 9. The molecule has 140 valence electrons. The van der Waals surface area contributed by atoms with E-state index in [2.05, 4.69) is 20.8 Å². The average Bonchev–Trinajstić information content (AvgIpc) is 3.35. The van der Waals surface area contributed by atoms with Crippen molar-refractivity contribution in [3.05, 3.63) is 0 Å². The number of epoxide rings is 1. The number of ether oxygens (including phenoxy) is 2. The van der Waals surface area contributed by atoms with E-state index < -0.39 is 8.56 Å². The summed E-state index contributed by atoms with van der Waals surface area (Å²) in [6.07, 6.45) is 10.9. The van der Waals surface area contributed by atoms with Crippen LogP contribution in [0.25, 0.3) is 0 Å². The first-order valence-corrected chi connectivity index (χ1v) is 12.3. The second-order valence-electron chi connectivity index (χ2n) is 7.68. The van der Waals surface area contributed by atoms with Crippen molar-refractivity contribution in [2.24, 2.45) is 5.92 Å². The average molecular weight is 357 g/mol. The highest BCUT2D eigenvalue weighted by atomic mass is 28.4. The maximum Gasteiger partial charge on any atom is 0.371 e. The van der Waals surface area contributed by atoms with Crippen LogP contribution in [0.4, 0.5) is 0 Å². The number of hydrogen-bond acceptors (Lipinski definition) is 4. The van der Waals surface area contributed by atoms with Crippen LogP contribution < -0.4 is 0 Å². The number of fused-ring (bicyclic) bond motifs is 1. The molecule has 0 bridgehead atoms. The Hall–Kier alpha value is 0.0569. The summed E-state index contributed by atoms with van der Waals surface area (Å²) in [5.41, 5.74) is 0. The van der Waals surface area contributed by atoms with Crippen molar-refractivity contribution < 1.29 is 18.3 Å². The first-order chi connectivity index (χ1) is 11.7. The Labute approximate surface area is 148 Å². The predicted octanol–water partition coefficient (Wildman–Crippen LogP) is 4.35. The molecule has 4 nitrogen and oxygen atoms in total.